The summed E-state index contributed by atoms with van der Waals surface area (Å²) in [5, 5.41) is 4.22. The minimum atomic E-state index is -2.17. The molecule has 0 aliphatic heterocycles. The first-order chi connectivity index (χ1) is 13.3. The molecule has 0 bridgehead atoms. The maximum atomic E-state index is 11.5. The van der Waals surface area contributed by atoms with Gasteiger partial charge in [0.1, 0.15) is 0 Å². The molecule has 3 rings (SSSR count). The molecule has 3 aromatic carbocycles. The number of carbonyl (C=O) groups is 1. The van der Waals surface area contributed by atoms with Crippen molar-refractivity contribution in [3.63, 3.8) is 0 Å². The normalized spacial score (nSPS) is 11.7. The average Bonchev–Trinajstić information content (AvgIpc) is 2.75. The fraction of sp³-hybridized carbons (Fsp3) is 0.174. The van der Waals surface area contributed by atoms with E-state index in [1.807, 2.05) is 0 Å². The van der Waals surface area contributed by atoms with Gasteiger partial charge in [-0.15, -0.1) is 0 Å². The van der Waals surface area contributed by atoms with Crippen molar-refractivity contribution in [2.24, 2.45) is 0 Å². The predicted octanol–water partition coefficient (Wildman–Crippen LogP) is 4.74. The molecule has 27 heavy (non-hydrogen) atoms. The Hall–Kier alpha value is -1.96. The first kappa shape index (κ1) is 19.8. The number of carbonyl (C=O) groups excluding carboxylic acids is 1. The summed E-state index contributed by atoms with van der Waals surface area (Å²) >= 11 is 2.78. The molecule has 0 radical (unpaired) electrons. The molecular weight excluding hydrogens is 419 g/mol. The summed E-state index contributed by atoms with van der Waals surface area (Å²) in [6, 6.07) is 32.6. The Labute approximate surface area is 170 Å². The third-order valence-electron chi connectivity index (χ3n) is 5.07. The second kappa shape index (κ2) is 9.82. The van der Waals surface area contributed by atoms with Crippen molar-refractivity contribution in [2.45, 2.75) is 19.3 Å². The molecule has 0 aromatic heterocycles. The first-order valence-electron chi connectivity index (χ1n) is 9.25. The second-order valence-corrected chi connectivity index (χ2v) is 11.0. The van der Waals surface area contributed by atoms with E-state index in [2.05, 4.69) is 111 Å². The molecule has 0 saturated carbocycles. The van der Waals surface area contributed by atoms with Gasteiger partial charge in [0, 0.05) is 0 Å². The van der Waals surface area contributed by atoms with Crippen molar-refractivity contribution >= 4 is 45.4 Å². The van der Waals surface area contributed by atoms with E-state index in [0.29, 0.717) is 6.42 Å². The summed E-state index contributed by atoms with van der Waals surface area (Å²) in [6.07, 6.45) is 3.30. The molecule has 0 aliphatic carbocycles. The Bertz CT molecular complexity index is 741. The van der Waals surface area contributed by atoms with Gasteiger partial charge in [0.25, 0.3) is 0 Å². The summed E-state index contributed by atoms with van der Waals surface area (Å²) in [6.45, 7) is 0. The van der Waals surface area contributed by atoms with Gasteiger partial charge in [0.2, 0.25) is 0 Å². The van der Waals surface area contributed by atoms with E-state index in [-0.39, 0.29) is 5.97 Å². The third-order valence-corrected chi connectivity index (χ3v) is 10.5. The van der Waals surface area contributed by atoms with Crippen LogP contribution in [-0.4, -0.2) is 12.1 Å². The Balaban J connectivity index is 2.04. The molecule has 4 heteroatoms. The van der Waals surface area contributed by atoms with Crippen molar-refractivity contribution in [1.82, 2.24) is 0 Å². The summed E-state index contributed by atoms with van der Waals surface area (Å²) in [5.41, 5.74) is 0. The van der Waals surface area contributed by atoms with Crippen LogP contribution in [0.1, 0.15) is 19.3 Å². The van der Waals surface area contributed by atoms with Gasteiger partial charge < -0.3 is 0 Å². The van der Waals surface area contributed by atoms with Crippen LogP contribution in [0.25, 0.3) is 0 Å². The van der Waals surface area contributed by atoms with E-state index in [9.17, 15) is 4.79 Å². The number of rotatable bonds is 8. The molecule has 2 nitrogen and oxygen atoms in total. The topological polar surface area (TPSA) is 26.3 Å². The maximum absolute atomic E-state index is 11.5. The summed E-state index contributed by atoms with van der Waals surface area (Å²) in [5.74, 6) is -0.207. The van der Waals surface area contributed by atoms with Crippen LogP contribution in [0.4, 0.5) is 0 Å². The van der Waals surface area contributed by atoms with Gasteiger partial charge in [0.05, 0.1) is 0 Å². The molecule has 0 unspecified atom stereocenters. The zero-order valence-corrected chi connectivity index (χ0v) is 17.8. The van der Waals surface area contributed by atoms with E-state index in [0.717, 1.165) is 19.0 Å². The number of hydrogen-bond acceptors (Lipinski definition) is 2. The standard InChI is InChI=1S/C23H24BrO2P/c24-26-23(25)18-10-11-19-27(20-12-4-1-5-13-20,21-14-6-2-7-15-21)22-16-8-3-9-17-22/h1-9,12-17,27H,10-11,18-19H2. The van der Waals surface area contributed by atoms with Crippen molar-refractivity contribution in [1.29, 1.82) is 0 Å². The van der Waals surface area contributed by atoms with Gasteiger partial charge in [-0.05, 0) is 0 Å². The van der Waals surface area contributed by atoms with Crippen LogP contribution in [-0.2, 0) is 8.62 Å². The quantitative estimate of drug-likeness (QED) is 0.372. The summed E-state index contributed by atoms with van der Waals surface area (Å²) < 4.78 is 4.62. The van der Waals surface area contributed by atoms with Crippen LogP contribution >= 0.6 is 23.5 Å². The van der Waals surface area contributed by atoms with E-state index >= 15 is 0 Å². The van der Waals surface area contributed by atoms with E-state index in [4.69, 9.17) is 0 Å². The molecule has 0 saturated heterocycles. The molecule has 3 aromatic rings. The molecule has 140 valence electrons. The van der Waals surface area contributed by atoms with Crippen LogP contribution in [0.15, 0.2) is 91.0 Å². The number of hydrogen-bond donors (Lipinski definition) is 0. The Morgan fingerprint density at radius 1 is 0.704 bits per heavy atom. The molecule has 0 aliphatic rings. The van der Waals surface area contributed by atoms with Crippen molar-refractivity contribution in [3.05, 3.63) is 91.0 Å². The van der Waals surface area contributed by atoms with E-state index in [1.165, 1.54) is 15.9 Å². The Morgan fingerprint density at radius 2 is 1.11 bits per heavy atom. The molecule has 0 fully saturated rings. The molecule has 0 heterocycles. The van der Waals surface area contributed by atoms with Crippen molar-refractivity contribution < 1.29 is 8.62 Å². The fourth-order valence-electron chi connectivity index (χ4n) is 3.80. The second-order valence-electron chi connectivity index (χ2n) is 6.66. The Kier molecular flexibility index (Phi) is 7.20. The van der Waals surface area contributed by atoms with Crippen LogP contribution in [0, 0.1) is 0 Å². The van der Waals surface area contributed by atoms with Crippen LogP contribution in [0.5, 0.6) is 0 Å². The van der Waals surface area contributed by atoms with Gasteiger partial charge in [0.15, 0.2) is 0 Å². The van der Waals surface area contributed by atoms with Gasteiger partial charge in [-0.25, -0.2) is 0 Å². The molecule has 0 atom stereocenters. The van der Waals surface area contributed by atoms with Crippen molar-refractivity contribution in [3.8, 4) is 0 Å². The number of unbranched alkanes of at least 4 members (excludes halogenated alkanes) is 1. The molecule has 0 N–H and O–H groups in total. The van der Waals surface area contributed by atoms with Gasteiger partial charge in [-0.1, -0.05) is 0 Å². The monoisotopic (exact) mass is 442 g/mol. The van der Waals surface area contributed by atoms with Crippen molar-refractivity contribution in [2.75, 3.05) is 6.16 Å². The zero-order chi connectivity index (χ0) is 19.0. The zero-order valence-electron chi connectivity index (χ0n) is 15.2. The van der Waals surface area contributed by atoms with Gasteiger partial charge in [-0.2, -0.15) is 0 Å². The van der Waals surface area contributed by atoms with Gasteiger partial charge in [-0.3, -0.25) is 0 Å². The van der Waals surface area contributed by atoms with E-state index < -0.39 is 7.26 Å². The molecule has 0 spiro atoms. The number of halogens is 1. The van der Waals surface area contributed by atoms with Crippen LogP contribution in [0.3, 0.4) is 0 Å². The Morgan fingerprint density at radius 3 is 1.48 bits per heavy atom. The molecular formula is C23H24BrO2P. The summed E-state index contributed by atoms with van der Waals surface area (Å²) in [7, 11) is -2.17. The summed E-state index contributed by atoms with van der Waals surface area (Å²) in [4.78, 5) is 11.5. The predicted molar refractivity (Wildman–Crippen MR) is 120 cm³/mol. The minimum absolute atomic E-state index is 0.207. The van der Waals surface area contributed by atoms with Crippen LogP contribution in [0.2, 0.25) is 0 Å². The fourth-order valence-corrected chi connectivity index (χ4v) is 8.89. The average molecular weight is 443 g/mol. The third kappa shape index (κ3) is 4.66. The van der Waals surface area contributed by atoms with Crippen LogP contribution < -0.4 is 15.9 Å². The van der Waals surface area contributed by atoms with Gasteiger partial charge >= 0.3 is 170 Å². The first-order valence-corrected chi connectivity index (χ1v) is 12.1. The number of benzene rings is 3. The molecule has 0 amide bonds. The SMILES string of the molecule is O=C(CCCC[PH](c1ccccc1)(c1ccccc1)c1ccccc1)OBr. The van der Waals surface area contributed by atoms with E-state index in [1.54, 1.807) is 0 Å².